The van der Waals surface area contributed by atoms with Crippen molar-refractivity contribution in [2.24, 2.45) is 11.5 Å². The van der Waals surface area contributed by atoms with E-state index in [9.17, 15) is 9.59 Å². The summed E-state index contributed by atoms with van der Waals surface area (Å²) in [5, 5.41) is 2.40. The van der Waals surface area contributed by atoms with Crippen LogP contribution in [0, 0.1) is 0 Å². The van der Waals surface area contributed by atoms with E-state index in [1.807, 2.05) is 6.92 Å². The first-order valence-corrected chi connectivity index (χ1v) is 5.49. The van der Waals surface area contributed by atoms with Gasteiger partial charge in [-0.05, 0) is 19.4 Å². The maximum atomic E-state index is 11.5. The van der Waals surface area contributed by atoms with Gasteiger partial charge in [0.25, 0.3) is 0 Å². The van der Waals surface area contributed by atoms with Crippen LogP contribution in [-0.2, 0) is 14.3 Å². The van der Waals surface area contributed by atoms with Crippen LogP contribution < -0.4 is 16.8 Å². The molecule has 0 bridgehead atoms. The number of hydrogen-bond donors (Lipinski definition) is 3. The van der Waals surface area contributed by atoms with Gasteiger partial charge >= 0.3 is 0 Å². The predicted molar refractivity (Wildman–Crippen MR) is 60.5 cm³/mol. The molecular weight excluding hydrogens is 210 g/mol. The molecule has 0 fully saturated rings. The Bertz CT molecular complexity index is 221. The van der Waals surface area contributed by atoms with E-state index in [-0.39, 0.29) is 12.5 Å². The van der Waals surface area contributed by atoms with Crippen molar-refractivity contribution in [2.75, 3.05) is 19.7 Å². The second kappa shape index (κ2) is 9.11. The van der Waals surface area contributed by atoms with Gasteiger partial charge in [-0.25, -0.2) is 0 Å². The Kier molecular flexibility index (Phi) is 8.46. The van der Waals surface area contributed by atoms with Gasteiger partial charge in [-0.1, -0.05) is 13.3 Å². The molecule has 6 heteroatoms. The van der Waals surface area contributed by atoms with Crippen molar-refractivity contribution in [2.45, 2.75) is 32.3 Å². The van der Waals surface area contributed by atoms with Crippen molar-refractivity contribution in [3.8, 4) is 0 Å². The molecule has 0 radical (unpaired) electrons. The van der Waals surface area contributed by atoms with Crippen molar-refractivity contribution in [3.05, 3.63) is 0 Å². The Morgan fingerprint density at radius 2 is 2.12 bits per heavy atom. The standard InChI is InChI=1S/C10H21N3O3/c1-2-3-6-16-8(4-5-11)10(15)13-7-9(12)14/h8H,2-7,11H2,1H3,(H2,12,14)(H,13,15). The third kappa shape index (κ3) is 7.19. The molecule has 0 saturated heterocycles. The smallest absolute Gasteiger partial charge is 0.249 e. The molecule has 0 aromatic heterocycles. The normalized spacial score (nSPS) is 12.1. The van der Waals surface area contributed by atoms with Crippen molar-refractivity contribution >= 4 is 11.8 Å². The highest BCUT2D eigenvalue weighted by Gasteiger charge is 2.17. The minimum atomic E-state index is -0.587. The molecule has 0 heterocycles. The molecule has 0 spiro atoms. The lowest BCUT2D eigenvalue weighted by Gasteiger charge is -2.16. The Hall–Kier alpha value is -1.14. The first kappa shape index (κ1) is 14.9. The van der Waals surface area contributed by atoms with Crippen LogP contribution in [0.4, 0.5) is 0 Å². The minimum absolute atomic E-state index is 0.170. The molecule has 0 saturated carbocycles. The summed E-state index contributed by atoms with van der Waals surface area (Å²) >= 11 is 0. The Labute approximate surface area is 95.7 Å². The highest BCUT2D eigenvalue weighted by molar-refractivity contribution is 5.86. The average Bonchev–Trinajstić information content (AvgIpc) is 2.25. The Morgan fingerprint density at radius 3 is 2.62 bits per heavy atom. The van der Waals surface area contributed by atoms with Crippen LogP contribution in [-0.4, -0.2) is 37.6 Å². The van der Waals surface area contributed by atoms with Gasteiger partial charge in [0, 0.05) is 6.61 Å². The highest BCUT2D eigenvalue weighted by Crippen LogP contribution is 2.00. The lowest BCUT2D eigenvalue weighted by Crippen LogP contribution is -2.41. The topological polar surface area (TPSA) is 107 Å². The molecule has 16 heavy (non-hydrogen) atoms. The maximum absolute atomic E-state index is 11.5. The van der Waals surface area contributed by atoms with Crippen LogP contribution in [0.1, 0.15) is 26.2 Å². The number of hydrogen-bond acceptors (Lipinski definition) is 4. The number of nitrogens with two attached hydrogens (primary N) is 2. The van der Waals surface area contributed by atoms with Crippen molar-refractivity contribution in [1.29, 1.82) is 0 Å². The molecule has 1 unspecified atom stereocenters. The van der Waals surface area contributed by atoms with Crippen LogP contribution in [0.5, 0.6) is 0 Å². The highest BCUT2D eigenvalue weighted by atomic mass is 16.5. The van der Waals surface area contributed by atoms with Gasteiger partial charge < -0.3 is 21.5 Å². The van der Waals surface area contributed by atoms with E-state index >= 15 is 0 Å². The summed E-state index contributed by atoms with van der Waals surface area (Å²) in [4.78, 5) is 22.0. The second-order valence-electron chi connectivity index (χ2n) is 3.47. The molecule has 5 N–H and O–H groups in total. The van der Waals surface area contributed by atoms with Crippen LogP contribution in [0.25, 0.3) is 0 Å². The number of primary amides is 1. The first-order chi connectivity index (χ1) is 7.61. The summed E-state index contributed by atoms with van der Waals surface area (Å²) < 4.78 is 5.37. The predicted octanol–water partition coefficient (Wildman–Crippen LogP) is -0.878. The van der Waals surface area contributed by atoms with Crippen LogP contribution in [0.2, 0.25) is 0 Å². The van der Waals surface area contributed by atoms with Crippen LogP contribution in [0.15, 0.2) is 0 Å². The summed E-state index contributed by atoms with van der Waals surface area (Å²) in [5.41, 5.74) is 10.3. The van der Waals surface area contributed by atoms with E-state index in [4.69, 9.17) is 16.2 Å². The summed E-state index contributed by atoms with van der Waals surface area (Å²) in [5.74, 6) is -0.909. The SMILES string of the molecule is CCCCOC(CCN)C(=O)NCC(N)=O. The molecule has 94 valence electrons. The fraction of sp³-hybridized carbons (Fsp3) is 0.800. The van der Waals surface area contributed by atoms with E-state index in [0.717, 1.165) is 12.8 Å². The quantitative estimate of drug-likeness (QED) is 0.448. The molecule has 2 amide bonds. The van der Waals surface area contributed by atoms with Crippen molar-refractivity contribution < 1.29 is 14.3 Å². The lowest BCUT2D eigenvalue weighted by atomic mass is 10.2. The van der Waals surface area contributed by atoms with Gasteiger partial charge in [-0.15, -0.1) is 0 Å². The molecule has 0 aliphatic rings. The largest absolute Gasteiger partial charge is 0.368 e. The van der Waals surface area contributed by atoms with Crippen molar-refractivity contribution in [3.63, 3.8) is 0 Å². The molecule has 0 rings (SSSR count). The molecule has 0 aromatic rings. The molecule has 0 aromatic carbocycles. The van der Waals surface area contributed by atoms with E-state index in [1.165, 1.54) is 0 Å². The van der Waals surface area contributed by atoms with Crippen LogP contribution in [0.3, 0.4) is 0 Å². The third-order valence-corrected chi connectivity index (χ3v) is 1.98. The summed E-state index contributed by atoms with van der Waals surface area (Å²) in [7, 11) is 0. The number of nitrogens with one attached hydrogen (secondary N) is 1. The van der Waals surface area contributed by atoms with Gasteiger partial charge in [0.1, 0.15) is 6.10 Å². The summed E-state index contributed by atoms with van der Waals surface area (Å²) in [6.07, 6.45) is 1.74. The monoisotopic (exact) mass is 231 g/mol. The van der Waals surface area contributed by atoms with E-state index in [0.29, 0.717) is 19.6 Å². The fourth-order valence-electron chi connectivity index (χ4n) is 1.10. The number of ether oxygens (including phenoxy) is 1. The number of carbonyl (C=O) groups is 2. The molecule has 1 atom stereocenters. The maximum Gasteiger partial charge on any atom is 0.249 e. The Morgan fingerprint density at radius 1 is 1.44 bits per heavy atom. The van der Waals surface area contributed by atoms with Gasteiger partial charge in [0.05, 0.1) is 6.54 Å². The average molecular weight is 231 g/mol. The number of amides is 2. The number of carbonyl (C=O) groups excluding carboxylic acids is 2. The van der Waals surface area contributed by atoms with E-state index in [1.54, 1.807) is 0 Å². The van der Waals surface area contributed by atoms with Crippen molar-refractivity contribution in [1.82, 2.24) is 5.32 Å². The summed E-state index contributed by atoms with van der Waals surface area (Å²) in [6, 6.07) is 0. The molecule has 6 nitrogen and oxygen atoms in total. The zero-order valence-corrected chi connectivity index (χ0v) is 9.70. The lowest BCUT2D eigenvalue weighted by molar-refractivity contribution is -0.134. The second-order valence-corrected chi connectivity index (χ2v) is 3.47. The van der Waals surface area contributed by atoms with Crippen LogP contribution >= 0.6 is 0 Å². The summed E-state index contributed by atoms with van der Waals surface area (Å²) in [6.45, 7) is 2.75. The minimum Gasteiger partial charge on any atom is -0.368 e. The number of unbranched alkanes of at least 4 members (excludes halogenated alkanes) is 1. The zero-order chi connectivity index (χ0) is 12.4. The number of rotatable bonds is 9. The molecular formula is C10H21N3O3. The fourth-order valence-corrected chi connectivity index (χ4v) is 1.10. The van der Waals surface area contributed by atoms with Gasteiger partial charge in [0.15, 0.2) is 0 Å². The van der Waals surface area contributed by atoms with Gasteiger partial charge in [-0.2, -0.15) is 0 Å². The molecule has 0 aliphatic heterocycles. The van der Waals surface area contributed by atoms with Gasteiger partial charge in [-0.3, -0.25) is 9.59 Å². The molecule has 0 aliphatic carbocycles. The Balaban J connectivity index is 3.96. The van der Waals surface area contributed by atoms with E-state index < -0.39 is 12.0 Å². The first-order valence-electron chi connectivity index (χ1n) is 5.49. The zero-order valence-electron chi connectivity index (χ0n) is 9.70. The third-order valence-electron chi connectivity index (χ3n) is 1.98. The van der Waals surface area contributed by atoms with E-state index in [2.05, 4.69) is 5.32 Å². The van der Waals surface area contributed by atoms with Gasteiger partial charge in [0.2, 0.25) is 11.8 Å².